The van der Waals surface area contributed by atoms with E-state index in [4.69, 9.17) is 16.1 Å². The van der Waals surface area contributed by atoms with Crippen LogP contribution in [-0.4, -0.2) is 26.1 Å². The first kappa shape index (κ1) is 14.3. The van der Waals surface area contributed by atoms with Crippen LogP contribution >= 0.6 is 11.6 Å². The standard InChI is InChI=1S/C14H12ClNO4S/c1-21(18,19)12-6-9(15)4-5-10(12)13-11(7-17)14(20-16-13)8-2-3-8/h4-8H,2-3H2,1H3. The van der Waals surface area contributed by atoms with Gasteiger partial charge in [0.05, 0.1) is 10.5 Å². The average molecular weight is 326 g/mol. The van der Waals surface area contributed by atoms with Crippen molar-refractivity contribution in [1.29, 1.82) is 0 Å². The molecule has 0 saturated heterocycles. The molecule has 0 aliphatic heterocycles. The molecule has 1 aromatic carbocycles. The Morgan fingerprint density at radius 3 is 2.67 bits per heavy atom. The van der Waals surface area contributed by atoms with Crippen molar-refractivity contribution in [3.63, 3.8) is 0 Å². The van der Waals surface area contributed by atoms with E-state index >= 15 is 0 Å². The van der Waals surface area contributed by atoms with Gasteiger partial charge in [-0.15, -0.1) is 0 Å². The second-order valence-corrected chi connectivity index (χ2v) is 7.53. The maximum Gasteiger partial charge on any atom is 0.176 e. The maximum absolute atomic E-state index is 11.9. The van der Waals surface area contributed by atoms with Gasteiger partial charge in [0.2, 0.25) is 0 Å². The number of halogens is 1. The molecule has 0 N–H and O–H groups in total. The van der Waals surface area contributed by atoms with Crippen molar-refractivity contribution in [2.45, 2.75) is 23.7 Å². The van der Waals surface area contributed by atoms with Crippen molar-refractivity contribution < 1.29 is 17.7 Å². The van der Waals surface area contributed by atoms with Crippen molar-refractivity contribution in [3.05, 3.63) is 34.5 Å². The van der Waals surface area contributed by atoms with E-state index in [1.807, 2.05) is 0 Å². The molecule has 1 heterocycles. The van der Waals surface area contributed by atoms with E-state index in [9.17, 15) is 13.2 Å². The van der Waals surface area contributed by atoms with Crippen LogP contribution < -0.4 is 0 Å². The van der Waals surface area contributed by atoms with Crippen LogP contribution in [0.1, 0.15) is 34.9 Å². The minimum Gasteiger partial charge on any atom is -0.360 e. The Bertz CT molecular complexity index is 821. The monoisotopic (exact) mass is 325 g/mol. The predicted molar refractivity (Wildman–Crippen MR) is 77.4 cm³/mol. The molecule has 0 unspecified atom stereocenters. The van der Waals surface area contributed by atoms with Crippen molar-refractivity contribution in [3.8, 4) is 11.3 Å². The summed E-state index contributed by atoms with van der Waals surface area (Å²) in [7, 11) is -3.51. The van der Waals surface area contributed by atoms with Gasteiger partial charge in [-0.05, 0) is 31.0 Å². The Morgan fingerprint density at radius 2 is 2.10 bits per heavy atom. The van der Waals surface area contributed by atoms with E-state index in [1.165, 1.54) is 6.07 Å². The third-order valence-electron chi connectivity index (χ3n) is 3.42. The molecule has 0 radical (unpaired) electrons. The summed E-state index contributed by atoms with van der Waals surface area (Å²) in [5.41, 5.74) is 0.911. The molecule has 0 bridgehead atoms. The van der Waals surface area contributed by atoms with Crippen LogP contribution in [0.3, 0.4) is 0 Å². The lowest BCUT2D eigenvalue weighted by molar-refractivity contribution is 0.112. The van der Waals surface area contributed by atoms with Crippen LogP contribution in [0.4, 0.5) is 0 Å². The maximum atomic E-state index is 11.9. The molecule has 110 valence electrons. The zero-order valence-corrected chi connectivity index (χ0v) is 12.7. The van der Waals surface area contributed by atoms with E-state index in [-0.39, 0.29) is 16.5 Å². The van der Waals surface area contributed by atoms with Crippen LogP contribution in [0.2, 0.25) is 5.02 Å². The molecule has 1 fully saturated rings. The highest BCUT2D eigenvalue weighted by molar-refractivity contribution is 7.90. The SMILES string of the molecule is CS(=O)(=O)c1cc(Cl)ccc1-c1noc(C2CC2)c1C=O. The first-order valence-electron chi connectivity index (χ1n) is 6.36. The zero-order valence-electron chi connectivity index (χ0n) is 11.2. The molecule has 5 nitrogen and oxygen atoms in total. The van der Waals surface area contributed by atoms with E-state index in [2.05, 4.69) is 5.16 Å². The summed E-state index contributed by atoms with van der Waals surface area (Å²) in [4.78, 5) is 11.4. The molecule has 21 heavy (non-hydrogen) atoms. The number of aromatic nitrogens is 1. The fourth-order valence-electron chi connectivity index (χ4n) is 2.26. The minimum atomic E-state index is -3.51. The van der Waals surface area contributed by atoms with Crippen LogP contribution in [-0.2, 0) is 9.84 Å². The van der Waals surface area contributed by atoms with Crippen molar-refractivity contribution >= 4 is 27.7 Å². The first-order chi connectivity index (χ1) is 9.91. The molecular formula is C14H12ClNO4S. The van der Waals surface area contributed by atoms with E-state index in [0.29, 0.717) is 28.2 Å². The summed E-state index contributed by atoms with van der Waals surface area (Å²) in [6.07, 6.45) is 3.66. The Hall–Kier alpha value is -1.66. The number of aldehydes is 1. The van der Waals surface area contributed by atoms with Gasteiger partial charge in [-0.25, -0.2) is 8.42 Å². The normalized spacial score (nSPS) is 15.1. The first-order valence-corrected chi connectivity index (χ1v) is 8.63. The predicted octanol–water partition coefficient (Wildman–Crippen LogP) is 3.09. The van der Waals surface area contributed by atoms with Crippen LogP contribution in [0, 0.1) is 0 Å². The van der Waals surface area contributed by atoms with Crippen molar-refractivity contribution in [2.24, 2.45) is 0 Å². The fraction of sp³-hybridized carbons (Fsp3) is 0.286. The Balaban J connectivity index is 2.24. The highest BCUT2D eigenvalue weighted by Gasteiger charge is 2.33. The molecule has 1 aromatic heterocycles. The number of hydrogen-bond acceptors (Lipinski definition) is 5. The number of hydrogen-bond donors (Lipinski definition) is 0. The van der Waals surface area contributed by atoms with Gasteiger partial charge in [-0.3, -0.25) is 4.79 Å². The molecule has 0 spiro atoms. The van der Waals surface area contributed by atoms with Crippen LogP contribution in [0.5, 0.6) is 0 Å². The number of benzene rings is 1. The Kier molecular flexibility index (Phi) is 3.37. The Morgan fingerprint density at radius 1 is 1.38 bits per heavy atom. The molecular weight excluding hydrogens is 314 g/mol. The zero-order chi connectivity index (χ0) is 15.2. The minimum absolute atomic E-state index is 0.0359. The topological polar surface area (TPSA) is 77.2 Å². The second kappa shape index (κ2) is 4.96. The van der Waals surface area contributed by atoms with E-state index < -0.39 is 9.84 Å². The van der Waals surface area contributed by atoms with Crippen molar-refractivity contribution in [1.82, 2.24) is 5.16 Å². The number of rotatable bonds is 4. The average Bonchev–Trinajstić information content (AvgIpc) is 3.17. The van der Waals surface area contributed by atoms with Gasteiger partial charge in [0.15, 0.2) is 21.9 Å². The van der Waals surface area contributed by atoms with Gasteiger partial charge < -0.3 is 4.52 Å². The lowest BCUT2D eigenvalue weighted by Gasteiger charge is -2.06. The summed E-state index contributed by atoms with van der Waals surface area (Å²) in [5.74, 6) is 0.745. The third-order valence-corrected chi connectivity index (χ3v) is 4.79. The largest absolute Gasteiger partial charge is 0.360 e. The summed E-state index contributed by atoms with van der Waals surface area (Å²) < 4.78 is 29.1. The lowest BCUT2D eigenvalue weighted by atomic mass is 10.1. The molecule has 1 saturated carbocycles. The fourth-order valence-corrected chi connectivity index (χ4v) is 3.40. The van der Waals surface area contributed by atoms with Crippen LogP contribution in [0.15, 0.2) is 27.6 Å². The van der Waals surface area contributed by atoms with E-state index in [0.717, 1.165) is 19.1 Å². The highest BCUT2D eigenvalue weighted by Crippen LogP contribution is 2.44. The quantitative estimate of drug-likeness (QED) is 0.807. The molecule has 0 atom stereocenters. The summed E-state index contributed by atoms with van der Waals surface area (Å²) in [6, 6.07) is 4.46. The van der Waals surface area contributed by atoms with Gasteiger partial charge in [-0.1, -0.05) is 16.8 Å². The second-order valence-electron chi connectivity index (χ2n) is 5.11. The van der Waals surface area contributed by atoms with Crippen LogP contribution in [0.25, 0.3) is 11.3 Å². The lowest BCUT2D eigenvalue weighted by Crippen LogP contribution is -2.01. The van der Waals surface area contributed by atoms with Crippen molar-refractivity contribution in [2.75, 3.05) is 6.26 Å². The summed E-state index contributed by atoms with van der Waals surface area (Å²) in [5, 5.41) is 4.21. The molecule has 2 aromatic rings. The highest BCUT2D eigenvalue weighted by atomic mass is 35.5. The summed E-state index contributed by atoms with van der Waals surface area (Å²) >= 11 is 5.87. The molecule has 3 rings (SSSR count). The molecule has 7 heteroatoms. The third kappa shape index (κ3) is 2.61. The van der Waals surface area contributed by atoms with Gasteiger partial charge in [0, 0.05) is 22.8 Å². The number of carbonyl (C=O) groups is 1. The number of nitrogens with zero attached hydrogens (tertiary/aromatic N) is 1. The smallest absolute Gasteiger partial charge is 0.176 e. The number of sulfone groups is 1. The summed E-state index contributed by atoms with van der Waals surface area (Å²) in [6.45, 7) is 0. The van der Waals surface area contributed by atoms with Gasteiger partial charge in [0.1, 0.15) is 5.69 Å². The molecule has 0 amide bonds. The van der Waals surface area contributed by atoms with Gasteiger partial charge in [0.25, 0.3) is 0 Å². The van der Waals surface area contributed by atoms with Gasteiger partial charge in [-0.2, -0.15) is 0 Å². The molecule has 1 aliphatic carbocycles. The Labute approximate surface area is 126 Å². The number of carbonyl (C=O) groups excluding carboxylic acids is 1. The van der Waals surface area contributed by atoms with E-state index in [1.54, 1.807) is 12.1 Å². The molecule has 1 aliphatic rings. The van der Waals surface area contributed by atoms with Gasteiger partial charge >= 0.3 is 0 Å².